The quantitative estimate of drug-likeness (QED) is 0.443. The molecule has 2 N–H and O–H groups in total. The van der Waals surface area contributed by atoms with Gasteiger partial charge in [0, 0.05) is 17.8 Å². The van der Waals surface area contributed by atoms with Gasteiger partial charge in [0.1, 0.15) is 6.17 Å². The van der Waals surface area contributed by atoms with E-state index in [1.807, 2.05) is 0 Å². The average Bonchev–Trinajstić information content (AvgIpc) is 2.71. The van der Waals surface area contributed by atoms with Crippen molar-refractivity contribution in [3.63, 3.8) is 0 Å². The van der Waals surface area contributed by atoms with Crippen molar-refractivity contribution >= 4 is 17.3 Å². The summed E-state index contributed by atoms with van der Waals surface area (Å²) in [4.78, 5) is 34.6. The Hall–Kier alpha value is -3.79. The lowest BCUT2D eigenvalue weighted by molar-refractivity contribution is -0.386. The second kappa shape index (κ2) is 8.07. The highest BCUT2D eigenvalue weighted by Crippen LogP contribution is 2.37. The monoisotopic (exact) mass is 401 g/mol. The third-order valence-corrected chi connectivity index (χ3v) is 4.59. The standard InChI is InChI=1S/C19H18N4O6/c1-11-16(19(24)29-2)17(12-7-3-5-9-14(12)22(25)26)21-18(20-11)13-8-4-6-10-15(13)23(27)28/h3-10,17-18,20-21H,1-2H3/i2D3. The molecule has 1 aliphatic rings. The Morgan fingerprint density at radius 3 is 2.17 bits per heavy atom. The molecule has 0 aliphatic carbocycles. The number of methoxy groups -OCH3 is 1. The van der Waals surface area contributed by atoms with Gasteiger partial charge in [-0.3, -0.25) is 25.5 Å². The third kappa shape index (κ3) is 3.78. The molecule has 1 heterocycles. The predicted molar refractivity (Wildman–Crippen MR) is 103 cm³/mol. The molecule has 0 saturated heterocycles. The summed E-state index contributed by atoms with van der Waals surface area (Å²) in [7, 11) is -3.04. The lowest BCUT2D eigenvalue weighted by atomic mass is 9.92. The normalized spacial score (nSPS) is 20.7. The molecule has 0 aromatic heterocycles. The second-order valence-electron chi connectivity index (χ2n) is 6.24. The highest BCUT2D eigenvalue weighted by Gasteiger charge is 2.37. The second-order valence-corrected chi connectivity index (χ2v) is 6.24. The van der Waals surface area contributed by atoms with Crippen molar-refractivity contribution in [3.05, 3.63) is 91.2 Å². The molecule has 2 unspecified atom stereocenters. The molecule has 0 spiro atoms. The zero-order valence-electron chi connectivity index (χ0n) is 18.1. The van der Waals surface area contributed by atoms with Crippen molar-refractivity contribution in [2.45, 2.75) is 19.1 Å². The Labute approximate surface area is 169 Å². The molecule has 1 aliphatic heterocycles. The first kappa shape index (κ1) is 16.2. The fourth-order valence-electron chi connectivity index (χ4n) is 3.34. The summed E-state index contributed by atoms with van der Waals surface area (Å²) in [5.41, 5.74) is -0.266. The van der Waals surface area contributed by atoms with Crippen LogP contribution in [0.25, 0.3) is 0 Å². The number of allylic oxidation sites excluding steroid dienone is 1. The number of nitrogens with one attached hydrogen (secondary N) is 2. The molecule has 2 aromatic rings. The van der Waals surface area contributed by atoms with Crippen LogP contribution < -0.4 is 10.6 Å². The van der Waals surface area contributed by atoms with Crippen LogP contribution in [0.2, 0.25) is 0 Å². The van der Waals surface area contributed by atoms with Crippen LogP contribution in [-0.4, -0.2) is 22.9 Å². The average molecular weight is 401 g/mol. The Balaban J connectivity index is 2.16. The summed E-state index contributed by atoms with van der Waals surface area (Å²) in [6.07, 6.45) is -0.911. The SMILES string of the molecule is [2H]C([2H])([2H])OC(=O)C1=C(C)NC(c2ccccc2[N+](=O)[O-])NC1c1ccccc1[N+](=O)[O-]. The van der Waals surface area contributed by atoms with E-state index in [9.17, 15) is 25.0 Å². The van der Waals surface area contributed by atoms with Gasteiger partial charge in [-0.1, -0.05) is 30.3 Å². The van der Waals surface area contributed by atoms with Gasteiger partial charge >= 0.3 is 5.97 Å². The topological polar surface area (TPSA) is 137 Å². The van der Waals surface area contributed by atoms with E-state index in [0.717, 1.165) is 0 Å². The number of para-hydroxylation sites is 2. The van der Waals surface area contributed by atoms with Crippen molar-refractivity contribution in [1.29, 1.82) is 0 Å². The molecule has 0 radical (unpaired) electrons. The number of nitrogens with zero attached hydrogens (tertiary/aromatic N) is 2. The van der Waals surface area contributed by atoms with Gasteiger partial charge in [0.05, 0.1) is 43.7 Å². The van der Waals surface area contributed by atoms with E-state index < -0.39 is 35.1 Å². The summed E-state index contributed by atoms with van der Waals surface area (Å²) in [6, 6.07) is 10.3. The number of nitro groups is 2. The fourth-order valence-corrected chi connectivity index (χ4v) is 3.34. The Morgan fingerprint density at radius 1 is 1.03 bits per heavy atom. The minimum Gasteiger partial charge on any atom is -0.466 e. The number of carbonyl (C=O) groups excluding carboxylic acids is 1. The maximum Gasteiger partial charge on any atom is 0.337 e. The zero-order valence-corrected chi connectivity index (χ0v) is 15.1. The number of nitro benzene ring substituents is 2. The molecule has 10 heteroatoms. The highest BCUT2D eigenvalue weighted by atomic mass is 16.6. The Bertz CT molecular complexity index is 1120. The first-order valence-corrected chi connectivity index (χ1v) is 8.43. The van der Waals surface area contributed by atoms with Crippen molar-refractivity contribution in [1.82, 2.24) is 10.6 Å². The van der Waals surface area contributed by atoms with Crippen LogP contribution >= 0.6 is 0 Å². The van der Waals surface area contributed by atoms with Crippen LogP contribution in [0.3, 0.4) is 0 Å². The summed E-state index contributed by atoms with van der Waals surface area (Å²) < 4.78 is 26.2. The van der Waals surface area contributed by atoms with Crippen molar-refractivity contribution in [3.8, 4) is 0 Å². The fraction of sp³-hybridized carbons (Fsp3) is 0.211. The zero-order chi connectivity index (χ0) is 23.6. The van der Waals surface area contributed by atoms with Gasteiger partial charge < -0.3 is 10.1 Å². The summed E-state index contributed by atoms with van der Waals surface area (Å²) in [6.45, 7) is 1.46. The van der Waals surface area contributed by atoms with Crippen LogP contribution in [0, 0.1) is 20.2 Å². The van der Waals surface area contributed by atoms with E-state index in [-0.39, 0.29) is 33.8 Å². The van der Waals surface area contributed by atoms with Crippen molar-refractivity contribution < 1.29 is 23.5 Å². The van der Waals surface area contributed by atoms with E-state index in [0.29, 0.717) is 0 Å². The van der Waals surface area contributed by atoms with E-state index in [1.165, 1.54) is 49.4 Å². The van der Waals surface area contributed by atoms with Gasteiger partial charge in [-0.2, -0.15) is 0 Å². The van der Waals surface area contributed by atoms with Gasteiger partial charge in [-0.15, -0.1) is 0 Å². The maximum atomic E-state index is 12.7. The number of carbonyl (C=O) groups is 1. The van der Waals surface area contributed by atoms with Crippen LogP contribution in [-0.2, 0) is 9.53 Å². The lowest BCUT2D eigenvalue weighted by Gasteiger charge is -2.34. The van der Waals surface area contributed by atoms with Gasteiger partial charge in [-0.25, -0.2) is 4.79 Å². The van der Waals surface area contributed by atoms with Crippen LogP contribution in [0.1, 0.15) is 34.4 Å². The van der Waals surface area contributed by atoms with E-state index in [1.54, 1.807) is 6.07 Å². The number of rotatable bonds is 5. The molecule has 2 aromatic carbocycles. The van der Waals surface area contributed by atoms with Gasteiger partial charge in [0.2, 0.25) is 0 Å². The summed E-state index contributed by atoms with van der Waals surface area (Å²) in [5, 5.41) is 28.9. The highest BCUT2D eigenvalue weighted by molar-refractivity contribution is 5.91. The largest absolute Gasteiger partial charge is 0.466 e. The molecular weight excluding hydrogens is 380 g/mol. The molecule has 0 bridgehead atoms. The Kier molecular flexibility index (Phi) is 4.50. The molecule has 0 amide bonds. The molecule has 150 valence electrons. The van der Waals surface area contributed by atoms with E-state index in [2.05, 4.69) is 15.4 Å². The van der Waals surface area contributed by atoms with Crippen LogP contribution in [0.4, 0.5) is 11.4 Å². The predicted octanol–water partition coefficient (Wildman–Crippen LogP) is 2.88. The number of hydrogen-bond donors (Lipinski definition) is 2. The van der Waals surface area contributed by atoms with E-state index in [4.69, 9.17) is 4.11 Å². The number of hydrogen-bond acceptors (Lipinski definition) is 8. The minimum absolute atomic E-state index is 0.0689. The molecule has 0 saturated carbocycles. The number of esters is 1. The van der Waals surface area contributed by atoms with Crippen molar-refractivity contribution in [2.75, 3.05) is 7.04 Å². The maximum absolute atomic E-state index is 12.7. The first-order chi connectivity index (χ1) is 15.0. The molecule has 2 atom stereocenters. The van der Waals surface area contributed by atoms with Gasteiger partial charge in [0.25, 0.3) is 11.4 Å². The van der Waals surface area contributed by atoms with Crippen LogP contribution in [0.15, 0.2) is 59.8 Å². The summed E-state index contributed by atoms with van der Waals surface area (Å²) >= 11 is 0. The minimum atomic E-state index is -3.04. The van der Waals surface area contributed by atoms with E-state index >= 15 is 0 Å². The van der Waals surface area contributed by atoms with Crippen molar-refractivity contribution in [2.24, 2.45) is 0 Å². The smallest absolute Gasteiger partial charge is 0.337 e. The molecule has 10 nitrogen and oxygen atoms in total. The van der Waals surface area contributed by atoms with Crippen LogP contribution in [0.5, 0.6) is 0 Å². The molecular formula is C19H18N4O6. The summed E-state index contributed by atoms with van der Waals surface area (Å²) in [5.74, 6) is -1.20. The third-order valence-electron chi connectivity index (χ3n) is 4.59. The lowest BCUT2D eigenvalue weighted by Crippen LogP contribution is -2.44. The Morgan fingerprint density at radius 2 is 1.59 bits per heavy atom. The number of benzene rings is 2. The molecule has 3 rings (SSSR count). The molecule has 29 heavy (non-hydrogen) atoms. The molecule has 0 fully saturated rings. The van der Waals surface area contributed by atoms with Gasteiger partial charge in [-0.05, 0) is 13.0 Å². The number of ether oxygens (including phenoxy) is 1. The first-order valence-electron chi connectivity index (χ1n) is 9.93. The van der Waals surface area contributed by atoms with Gasteiger partial charge in [0.15, 0.2) is 0 Å².